The summed E-state index contributed by atoms with van der Waals surface area (Å²) in [5.41, 5.74) is 5.87. The number of anilines is 2. The van der Waals surface area contributed by atoms with E-state index in [1.807, 2.05) is 6.07 Å². The van der Waals surface area contributed by atoms with Gasteiger partial charge in [-0.1, -0.05) is 6.07 Å². The largest absolute Gasteiger partial charge is 1.00 e. The van der Waals surface area contributed by atoms with Gasteiger partial charge in [0.1, 0.15) is 6.54 Å². The molecule has 0 saturated carbocycles. The van der Waals surface area contributed by atoms with Crippen molar-refractivity contribution >= 4 is 27.6 Å². The number of amides is 2. The molecular formula is C23H29N6NaO4S. The van der Waals surface area contributed by atoms with Crippen LogP contribution in [0.1, 0.15) is 49.4 Å². The summed E-state index contributed by atoms with van der Waals surface area (Å²) in [6.07, 6.45) is 9.72. The number of hydrogen-bond donors (Lipinski definition) is 2. The van der Waals surface area contributed by atoms with Crippen molar-refractivity contribution in [2.24, 2.45) is 0 Å². The molecular weight excluding hydrogens is 479 g/mol. The fraction of sp³-hybridized carbons (Fsp3) is 0.522. The normalized spacial score (nSPS) is 17.1. The van der Waals surface area contributed by atoms with Gasteiger partial charge in [-0.2, -0.15) is 18.8 Å². The van der Waals surface area contributed by atoms with E-state index in [9.17, 15) is 13.2 Å². The van der Waals surface area contributed by atoms with Gasteiger partial charge in [-0.25, -0.2) is 13.8 Å². The van der Waals surface area contributed by atoms with Crippen LogP contribution >= 0.6 is 0 Å². The maximum absolute atomic E-state index is 13.5. The van der Waals surface area contributed by atoms with Gasteiger partial charge in [-0.3, -0.25) is 4.68 Å². The average Bonchev–Trinajstić information content (AvgIpc) is 3.55. The minimum absolute atomic E-state index is 0. The van der Waals surface area contributed by atoms with Gasteiger partial charge >= 0.3 is 45.8 Å². The van der Waals surface area contributed by atoms with E-state index in [1.54, 1.807) is 0 Å². The summed E-state index contributed by atoms with van der Waals surface area (Å²) in [5, 5.41) is 15.9. The molecule has 1 saturated heterocycles. The molecule has 5 rings (SSSR count). The number of urea groups is 1. The number of fused-ring (bicyclic) bond motifs is 2. The van der Waals surface area contributed by atoms with Gasteiger partial charge < -0.3 is 11.5 Å². The van der Waals surface area contributed by atoms with E-state index >= 15 is 0 Å². The Morgan fingerprint density at radius 3 is 2.49 bits per heavy atom. The minimum Gasteiger partial charge on any atom is -1.00 e. The number of hydrogen-bond acceptors (Lipinski definition) is 6. The van der Waals surface area contributed by atoms with Crippen LogP contribution in [0.5, 0.6) is 0 Å². The second-order valence-corrected chi connectivity index (χ2v) is 10.5. The maximum Gasteiger partial charge on any atom is 1.00 e. The first-order valence-corrected chi connectivity index (χ1v) is 13.2. The van der Waals surface area contributed by atoms with Crippen molar-refractivity contribution in [2.75, 3.05) is 22.8 Å². The van der Waals surface area contributed by atoms with E-state index in [2.05, 4.69) is 21.2 Å². The molecule has 1 aliphatic heterocycles. The van der Waals surface area contributed by atoms with E-state index < -0.39 is 16.2 Å². The second kappa shape index (κ2) is 10.9. The van der Waals surface area contributed by atoms with Gasteiger partial charge in [0.25, 0.3) is 0 Å². The number of carbonyl (C=O) groups is 1. The molecule has 182 valence electrons. The van der Waals surface area contributed by atoms with Crippen LogP contribution in [0.3, 0.4) is 0 Å². The van der Waals surface area contributed by atoms with Crippen LogP contribution in [0, 0.1) is 11.3 Å². The number of carbonyl (C=O) groups excluding carboxylic acids is 1. The molecule has 0 atom stereocenters. The fourth-order valence-corrected chi connectivity index (χ4v) is 6.72. The summed E-state index contributed by atoms with van der Waals surface area (Å²) in [6.45, 7) is 0.856. The summed E-state index contributed by atoms with van der Waals surface area (Å²) < 4.78 is 37.2. The topological polar surface area (TPSA) is 129 Å². The van der Waals surface area contributed by atoms with E-state index in [4.69, 9.17) is 10.00 Å². The predicted octanol–water partition coefficient (Wildman–Crippen LogP) is -0.448. The zero-order valence-corrected chi connectivity index (χ0v) is 22.7. The maximum atomic E-state index is 13.5. The Morgan fingerprint density at radius 2 is 1.86 bits per heavy atom. The van der Waals surface area contributed by atoms with Gasteiger partial charge in [0.15, 0.2) is 0 Å². The van der Waals surface area contributed by atoms with Gasteiger partial charge in [0.05, 0.1) is 30.2 Å². The van der Waals surface area contributed by atoms with Crippen molar-refractivity contribution in [2.45, 2.75) is 64.0 Å². The van der Waals surface area contributed by atoms with Gasteiger partial charge in [0.2, 0.25) is 0 Å². The summed E-state index contributed by atoms with van der Waals surface area (Å²) in [4.78, 5) is 13.0. The molecule has 3 aliphatic rings. The summed E-state index contributed by atoms with van der Waals surface area (Å²) >= 11 is 0. The number of nitriles is 1. The fourth-order valence-electron chi connectivity index (χ4n) is 5.36. The van der Waals surface area contributed by atoms with E-state index in [-0.39, 0.29) is 43.6 Å². The summed E-state index contributed by atoms with van der Waals surface area (Å²) in [7, 11) is -4.24. The molecule has 0 spiro atoms. The summed E-state index contributed by atoms with van der Waals surface area (Å²) in [5.74, 6) is 0. The molecule has 0 radical (unpaired) electrons. The monoisotopic (exact) mass is 508 g/mol. The molecule has 1 aromatic heterocycles. The molecule has 2 aliphatic carbocycles. The van der Waals surface area contributed by atoms with Gasteiger partial charge in [-0.15, -0.1) is 0 Å². The number of nitrogens with zero attached hydrogens (tertiary/aromatic N) is 4. The van der Waals surface area contributed by atoms with Crippen LogP contribution in [-0.2, 0) is 47.2 Å². The summed E-state index contributed by atoms with van der Waals surface area (Å²) in [6, 6.07) is 3.09. The van der Waals surface area contributed by atoms with E-state index in [0.29, 0.717) is 31.7 Å². The molecule has 35 heavy (non-hydrogen) atoms. The first-order chi connectivity index (χ1) is 16.5. The molecule has 2 amide bonds. The Balaban J connectivity index is 0.00000180. The number of ether oxygens (including phenoxy) is 1. The zero-order valence-electron chi connectivity index (χ0n) is 20.9. The Bertz CT molecular complexity index is 1220. The molecule has 0 bridgehead atoms. The number of aromatic nitrogens is 2. The molecule has 2 aromatic rings. The average molecular weight is 509 g/mol. The smallest absolute Gasteiger partial charge is 1.00 e. The Labute approximate surface area is 229 Å². The SMILES string of the molecule is N#CCn1cc(N(C2CCOCC2)S(=O)(=O)NC(=O)Nc2c3c(cc4c2CCC4)CCC3)cn1.[H-].[Na+]. The third-order valence-electron chi connectivity index (χ3n) is 6.82. The third-order valence-corrected chi connectivity index (χ3v) is 8.29. The van der Waals surface area contributed by atoms with Crippen LogP contribution in [0.2, 0.25) is 0 Å². The van der Waals surface area contributed by atoms with E-state index in [1.165, 1.54) is 32.5 Å². The number of nitrogens with one attached hydrogen (secondary N) is 2. The Morgan fingerprint density at radius 1 is 1.20 bits per heavy atom. The van der Waals surface area contributed by atoms with Crippen molar-refractivity contribution in [1.82, 2.24) is 14.5 Å². The molecule has 12 heteroatoms. The number of aryl methyl sites for hydroxylation is 2. The quantitative estimate of drug-likeness (QED) is 0.509. The van der Waals surface area contributed by atoms with Crippen molar-refractivity contribution in [3.63, 3.8) is 0 Å². The molecule has 2 heterocycles. The molecule has 1 fully saturated rings. The molecule has 0 unspecified atom stereocenters. The molecule has 10 nitrogen and oxygen atoms in total. The number of rotatable bonds is 6. The molecule has 1 aromatic carbocycles. The molecule has 2 N–H and O–H groups in total. The first-order valence-electron chi connectivity index (χ1n) is 11.7. The van der Waals surface area contributed by atoms with Gasteiger partial charge in [0, 0.05) is 18.9 Å². The van der Waals surface area contributed by atoms with Crippen LogP contribution in [0.15, 0.2) is 18.5 Å². The van der Waals surface area contributed by atoms with Crippen molar-refractivity contribution in [1.29, 1.82) is 5.26 Å². The minimum atomic E-state index is -4.24. The number of benzene rings is 1. The zero-order chi connectivity index (χ0) is 23.7. The van der Waals surface area contributed by atoms with Crippen molar-refractivity contribution in [3.05, 3.63) is 40.7 Å². The van der Waals surface area contributed by atoms with Crippen LogP contribution in [0.4, 0.5) is 16.2 Å². The van der Waals surface area contributed by atoms with E-state index in [0.717, 1.165) is 55.3 Å². The third kappa shape index (κ3) is 5.37. The van der Waals surface area contributed by atoms with Crippen molar-refractivity contribution in [3.8, 4) is 6.07 Å². The standard InChI is InChI=1S/C23H28N6O4S.Na.H/c24-9-10-28-15-19(14-25-28)29(18-7-11-33-12-8-18)34(31,32)27-23(30)26-22-20-5-1-3-16(20)13-17-4-2-6-21(17)22;;/h13-15,18H,1-8,10-12H2,(H2,26,27,30);;/q;+1;-1. The van der Waals surface area contributed by atoms with Crippen LogP contribution < -0.4 is 43.9 Å². The first kappa shape index (κ1) is 26.0. The van der Waals surface area contributed by atoms with Crippen LogP contribution in [-0.4, -0.2) is 43.5 Å². The Kier molecular flexibility index (Phi) is 8.08. The predicted molar refractivity (Wildman–Crippen MR) is 127 cm³/mol. The second-order valence-electron chi connectivity index (χ2n) is 8.99. The Hall–Kier alpha value is -2.10. The van der Waals surface area contributed by atoms with Crippen molar-refractivity contribution < 1.29 is 48.9 Å². The van der Waals surface area contributed by atoms with Crippen LogP contribution in [0.25, 0.3) is 0 Å². The van der Waals surface area contributed by atoms with Gasteiger partial charge in [-0.05, 0) is 73.6 Å².